The Morgan fingerprint density at radius 1 is 1.33 bits per heavy atom. The molecule has 0 saturated heterocycles. The molecule has 0 aromatic heterocycles. The number of carbonyl (C=O) groups excluding carboxylic acids is 1. The smallest absolute Gasteiger partial charge is 0.226 e. The van der Waals surface area contributed by atoms with Crippen molar-refractivity contribution in [3.63, 3.8) is 0 Å². The zero-order chi connectivity index (χ0) is 21.3. The van der Waals surface area contributed by atoms with Crippen molar-refractivity contribution in [2.75, 3.05) is 16.0 Å². The predicted octanol–water partition coefficient (Wildman–Crippen LogP) is 4.99. The van der Waals surface area contributed by atoms with Gasteiger partial charge < -0.3 is 21.4 Å². The Balaban J connectivity index is 1.76. The number of carbonyl (C=O) groups is 1. The van der Waals surface area contributed by atoms with Gasteiger partial charge in [-0.2, -0.15) is 5.26 Å². The van der Waals surface area contributed by atoms with Gasteiger partial charge in [-0.3, -0.25) is 4.79 Å². The van der Waals surface area contributed by atoms with Crippen LogP contribution in [-0.4, -0.2) is 23.7 Å². The lowest BCUT2D eigenvalue weighted by atomic mass is 9.95. The normalized spacial score (nSPS) is 18.8. The van der Waals surface area contributed by atoms with Gasteiger partial charge in [0, 0.05) is 46.9 Å². The molecule has 2 aromatic carbocycles. The van der Waals surface area contributed by atoms with Crippen molar-refractivity contribution in [2.45, 2.75) is 51.6 Å². The van der Waals surface area contributed by atoms with Gasteiger partial charge in [0.25, 0.3) is 0 Å². The van der Waals surface area contributed by atoms with Crippen LogP contribution in [0.4, 0.5) is 17.1 Å². The molecule has 0 unspecified atom stereocenters. The van der Waals surface area contributed by atoms with Crippen LogP contribution in [0.1, 0.15) is 45.1 Å². The van der Waals surface area contributed by atoms with Crippen LogP contribution in [0.2, 0.25) is 0 Å². The Kier molecular flexibility index (Phi) is 5.45. The first-order chi connectivity index (χ1) is 14.5. The third-order valence-electron chi connectivity index (χ3n) is 5.63. The molecule has 30 heavy (non-hydrogen) atoms. The fraction of sp³-hybridized carbons (Fsp3) is 0.375. The van der Waals surface area contributed by atoms with E-state index in [-0.39, 0.29) is 18.0 Å². The number of rotatable bonds is 6. The third kappa shape index (κ3) is 4.16. The van der Waals surface area contributed by atoms with Crippen molar-refractivity contribution in [3.05, 3.63) is 42.0 Å². The lowest BCUT2D eigenvalue weighted by Crippen LogP contribution is -2.19. The van der Waals surface area contributed by atoms with Gasteiger partial charge in [0.2, 0.25) is 5.91 Å². The van der Waals surface area contributed by atoms with Crippen molar-refractivity contribution >= 4 is 28.7 Å². The molecule has 1 heterocycles. The zero-order valence-corrected chi connectivity index (χ0v) is 17.4. The molecule has 1 saturated carbocycles. The minimum absolute atomic E-state index is 0.00753. The quantitative estimate of drug-likeness (QED) is 0.512. The van der Waals surface area contributed by atoms with E-state index in [4.69, 9.17) is 10.7 Å². The number of fused-ring (bicyclic) bond motifs is 1. The average Bonchev–Trinajstić information content (AvgIpc) is 3.54. The zero-order valence-electron chi connectivity index (χ0n) is 17.4. The maximum Gasteiger partial charge on any atom is 0.226 e. The molecule has 2 atom stereocenters. The molecule has 1 aliphatic carbocycles. The summed E-state index contributed by atoms with van der Waals surface area (Å²) in [4.78, 5) is 12.1. The highest BCUT2D eigenvalue weighted by molar-refractivity contribution is 6.07. The highest BCUT2D eigenvalue weighted by atomic mass is 16.1. The van der Waals surface area contributed by atoms with Gasteiger partial charge >= 0.3 is 0 Å². The van der Waals surface area contributed by atoms with Crippen molar-refractivity contribution in [2.24, 2.45) is 5.92 Å². The van der Waals surface area contributed by atoms with Crippen molar-refractivity contribution < 1.29 is 4.79 Å². The second-order valence-corrected chi connectivity index (χ2v) is 8.38. The molecular weight excluding hydrogens is 374 g/mol. The molecule has 4 rings (SSSR count). The summed E-state index contributed by atoms with van der Waals surface area (Å²) in [5.41, 5.74) is 6.15. The summed E-state index contributed by atoms with van der Waals surface area (Å²) in [6, 6.07) is 14.3. The Labute approximate surface area is 177 Å². The predicted molar refractivity (Wildman–Crippen MR) is 121 cm³/mol. The molecule has 2 aliphatic rings. The number of nitriles is 1. The van der Waals surface area contributed by atoms with Gasteiger partial charge in [0.05, 0.1) is 23.9 Å². The number of anilines is 3. The molecule has 1 amide bonds. The van der Waals surface area contributed by atoms with Crippen LogP contribution in [0, 0.1) is 22.7 Å². The van der Waals surface area contributed by atoms with E-state index < -0.39 is 0 Å². The highest BCUT2D eigenvalue weighted by Gasteiger charge is 2.29. The number of para-hydroxylation sites is 1. The summed E-state index contributed by atoms with van der Waals surface area (Å²) in [7, 11) is 0. The van der Waals surface area contributed by atoms with Gasteiger partial charge in [0.1, 0.15) is 0 Å². The van der Waals surface area contributed by atoms with Crippen LogP contribution < -0.4 is 16.0 Å². The molecule has 6 nitrogen and oxygen atoms in total. The van der Waals surface area contributed by atoms with Gasteiger partial charge in [-0.05, 0) is 50.5 Å². The van der Waals surface area contributed by atoms with Crippen LogP contribution in [0.25, 0.3) is 11.1 Å². The average molecular weight is 402 g/mol. The van der Waals surface area contributed by atoms with Crippen LogP contribution in [0.5, 0.6) is 0 Å². The Bertz CT molecular complexity index is 1030. The van der Waals surface area contributed by atoms with Gasteiger partial charge in [0.15, 0.2) is 0 Å². The number of hydrogen-bond donors (Lipinski definition) is 4. The van der Waals surface area contributed by atoms with E-state index >= 15 is 0 Å². The molecule has 1 aliphatic heterocycles. The molecule has 0 bridgehead atoms. The molecule has 0 radical (unpaired) electrons. The number of benzene rings is 2. The van der Waals surface area contributed by atoms with Gasteiger partial charge in [-0.25, -0.2) is 0 Å². The van der Waals surface area contributed by atoms with E-state index in [9.17, 15) is 4.79 Å². The molecule has 1 fully saturated rings. The maximum atomic E-state index is 12.1. The minimum atomic E-state index is 0.00753. The van der Waals surface area contributed by atoms with E-state index in [2.05, 4.69) is 28.1 Å². The second kappa shape index (κ2) is 8.19. The molecular formula is C24H27N5O. The fourth-order valence-corrected chi connectivity index (χ4v) is 3.94. The van der Waals surface area contributed by atoms with Crippen molar-refractivity contribution in [1.29, 1.82) is 10.7 Å². The lowest BCUT2D eigenvalue weighted by Gasteiger charge is -2.20. The van der Waals surface area contributed by atoms with Crippen molar-refractivity contribution in [3.8, 4) is 17.2 Å². The van der Waals surface area contributed by atoms with Crippen LogP contribution >= 0.6 is 0 Å². The standard InChI is InChI=1S/C24H27N5O/c1-14(10-11-25)27-20-9-8-17(13-19(20)23(26)16-6-7-16)18-4-3-5-21-24(18)28-15(2)12-22(30)29-21/h3-5,8-9,13-16,26-28H,6-7,10,12H2,1-2H3,(H,29,30)/t14-,15+/m0/s1. The van der Waals surface area contributed by atoms with Crippen LogP contribution in [0.3, 0.4) is 0 Å². The number of nitrogens with one attached hydrogen (secondary N) is 4. The first-order valence-corrected chi connectivity index (χ1v) is 10.5. The van der Waals surface area contributed by atoms with E-state index in [1.807, 2.05) is 44.2 Å². The van der Waals surface area contributed by atoms with E-state index in [0.29, 0.717) is 24.5 Å². The number of amides is 1. The minimum Gasteiger partial charge on any atom is -0.381 e. The van der Waals surface area contributed by atoms with Crippen LogP contribution in [-0.2, 0) is 4.79 Å². The molecule has 0 spiro atoms. The Morgan fingerprint density at radius 2 is 2.13 bits per heavy atom. The largest absolute Gasteiger partial charge is 0.381 e. The first-order valence-electron chi connectivity index (χ1n) is 10.5. The van der Waals surface area contributed by atoms with Crippen LogP contribution in [0.15, 0.2) is 36.4 Å². The first kappa shape index (κ1) is 20.0. The summed E-state index contributed by atoms with van der Waals surface area (Å²) >= 11 is 0. The molecule has 4 N–H and O–H groups in total. The summed E-state index contributed by atoms with van der Waals surface area (Å²) in [5.74, 6) is 0.325. The van der Waals surface area contributed by atoms with Gasteiger partial charge in [-0.1, -0.05) is 18.2 Å². The van der Waals surface area contributed by atoms with Gasteiger partial charge in [-0.15, -0.1) is 0 Å². The maximum absolute atomic E-state index is 12.1. The number of hydrogen-bond acceptors (Lipinski definition) is 5. The summed E-state index contributed by atoms with van der Waals surface area (Å²) in [5, 5.41) is 27.6. The highest BCUT2D eigenvalue weighted by Crippen LogP contribution is 2.40. The summed E-state index contributed by atoms with van der Waals surface area (Å²) in [6.45, 7) is 3.98. The van der Waals surface area contributed by atoms with E-state index in [0.717, 1.165) is 46.6 Å². The third-order valence-corrected chi connectivity index (χ3v) is 5.63. The van der Waals surface area contributed by atoms with E-state index in [1.165, 1.54) is 0 Å². The fourth-order valence-electron chi connectivity index (χ4n) is 3.94. The van der Waals surface area contributed by atoms with E-state index in [1.54, 1.807) is 0 Å². The van der Waals surface area contributed by atoms with Crippen molar-refractivity contribution in [1.82, 2.24) is 0 Å². The Hall–Kier alpha value is -3.33. The molecule has 6 heteroatoms. The molecule has 2 aromatic rings. The lowest BCUT2D eigenvalue weighted by molar-refractivity contribution is -0.116. The number of nitrogens with zero attached hydrogens (tertiary/aromatic N) is 1. The summed E-state index contributed by atoms with van der Waals surface area (Å²) < 4.78 is 0. The SMILES string of the molecule is C[C@@H]1CC(=O)Nc2cccc(-c3ccc(N[C@@H](C)CC#N)c(C(=N)C4CC4)c3)c2N1. The molecule has 154 valence electrons. The topological polar surface area (TPSA) is 101 Å². The monoisotopic (exact) mass is 401 g/mol. The second-order valence-electron chi connectivity index (χ2n) is 8.38. The summed E-state index contributed by atoms with van der Waals surface area (Å²) in [6.07, 6.45) is 2.95. The Morgan fingerprint density at radius 3 is 2.87 bits per heavy atom.